The Bertz CT molecular complexity index is 1060. The lowest BCUT2D eigenvalue weighted by Gasteiger charge is -2.08. The number of anilines is 1. The highest BCUT2D eigenvalue weighted by Gasteiger charge is 2.18. The number of carbonyl (C=O) groups is 1. The third-order valence-corrected chi connectivity index (χ3v) is 5.81. The van der Waals surface area contributed by atoms with Crippen molar-refractivity contribution in [3.05, 3.63) is 71.9 Å². The number of carbonyl (C=O) groups excluding carboxylic acids is 1. The minimum Gasteiger partial charge on any atom is -0.321 e. The van der Waals surface area contributed by atoms with E-state index in [0.29, 0.717) is 23.5 Å². The molecule has 0 radical (unpaired) electrons. The van der Waals surface area contributed by atoms with Gasteiger partial charge in [-0.25, -0.2) is 18.1 Å². The summed E-state index contributed by atoms with van der Waals surface area (Å²) in [7, 11) is -1.96. The molecule has 146 valence electrons. The number of hydrogen-bond acceptors (Lipinski definition) is 5. The summed E-state index contributed by atoms with van der Waals surface area (Å²) in [6.45, 7) is 1.98. The Morgan fingerprint density at radius 1 is 1.14 bits per heavy atom. The second kappa shape index (κ2) is 8.32. The number of sulfonamides is 1. The van der Waals surface area contributed by atoms with Crippen molar-refractivity contribution in [2.45, 2.75) is 18.4 Å². The summed E-state index contributed by atoms with van der Waals surface area (Å²) < 4.78 is 28.8. The highest BCUT2D eigenvalue weighted by molar-refractivity contribution is 7.89. The van der Waals surface area contributed by atoms with Crippen molar-refractivity contribution in [2.75, 3.05) is 11.9 Å². The monoisotopic (exact) mass is 399 g/mol. The van der Waals surface area contributed by atoms with Crippen molar-refractivity contribution in [1.82, 2.24) is 19.3 Å². The largest absolute Gasteiger partial charge is 0.321 e. The van der Waals surface area contributed by atoms with Gasteiger partial charge in [-0.2, -0.15) is 0 Å². The maximum Gasteiger partial charge on any atom is 0.257 e. The van der Waals surface area contributed by atoms with E-state index in [1.165, 1.54) is 10.8 Å². The summed E-state index contributed by atoms with van der Waals surface area (Å²) in [6, 6.07) is 10.5. The number of nitrogens with one attached hydrogen (secondary N) is 2. The Balaban J connectivity index is 1.56. The molecule has 0 unspecified atom stereocenters. The van der Waals surface area contributed by atoms with Crippen LogP contribution in [0.4, 0.5) is 5.69 Å². The quantitative estimate of drug-likeness (QED) is 0.631. The van der Waals surface area contributed by atoms with Gasteiger partial charge >= 0.3 is 0 Å². The molecule has 0 saturated carbocycles. The van der Waals surface area contributed by atoms with Crippen LogP contribution in [0.2, 0.25) is 0 Å². The van der Waals surface area contributed by atoms with E-state index in [1.54, 1.807) is 62.8 Å². The fraction of sp³-hybridized carbons (Fsp3) is 0.211. The number of imidazole rings is 1. The molecule has 0 fully saturated rings. The standard InChI is InChI=1S/C19H21N5O3S/c1-14-21-13-18(24(14)2)28(26,27)22-11-9-15-5-7-16(8-6-15)19(25)23-17-4-3-10-20-12-17/h3-8,10,12-13,22H,9,11H2,1-2H3,(H,23,25). The molecule has 2 aromatic heterocycles. The number of amides is 1. The summed E-state index contributed by atoms with van der Waals surface area (Å²) >= 11 is 0. The molecular weight excluding hydrogens is 378 g/mol. The summed E-state index contributed by atoms with van der Waals surface area (Å²) in [5.41, 5.74) is 2.05. The van der Waals surface area contributed by atoms with Gasteiger partial charge in [-0.05, 0) is 43.2 Å². The van der Waals surface area contributed by atoms with E-state index in [1.807, 2.05) is 0 Å². The maximum atomic E-state index is 12.3. The van der Waals surface area contributed by atoms with Gasteiger partial charge in [0.15, 0.2) is 5.03 Å². The van der Waals surface area contributed by atoms with Crippen LogP contribution in [0.25, 0.3) is 0 Å². The minimum atomic E-state index is -3.62. The molecule has 0 bridgehead atoms. The summed E-state index contributed by atoms with van der Waals surface area (Å²) in [4.78, 5) is 20.2. The first-order chi connectivity index (χ1) is 13.4. The molecule has 0 atom stereocenters. The van der Waals surface area contributed by atoms with Crippen molar-refractivity contribution < 1.29 is 13.2 Å². The average Bonchev–Trinajstić information content (AvgIpc) is 3.02. The lowest BCUT2D eigenvalue weighted by molar-refractivity contribution is 0.102. The number of aromatic nitrogens is 3. The molecule has 2 N–H and O–H groups in total. The Morgan fingerprint density at radius 3 is 2.50 bits per heavy atom. The van der Waals surface area contributed by atoms with Crippen LogP contribution in [0.5, 0.6) is 0 Å². The van der Waals surface area contributed by atoms with Crippen LogP contribution in [0.15, 0.2) is 60.0 Å². The number of benzene rings is 1. The van der Waals surface area contributed by atoms with Crippen molar-refractivity contribution in [2.24, 2.45) is 7.05 Å². The molecular formula is C19H21N5O3S. The van der Waals surface area contributed by atoms with Crippen LogP contribution in [-0.2, 0) is 23.5 Å². The minimum absolute atomic E-state index is 0.132. The van der Waals surface area contributed by atoms with Crippen molar-refractivity contribution in [3.8, 4) is 0 Å². The zero-order valence-corrected chi connectivity index (χ0v) is 16.4. The molecule has 0 aliphatic carbocycles. The van der Waals surface area contributed by atoms with E-state index >= 15 is 0 Å². The van der Waals surface area contributed by atoms with Crippen LogP contribution in [0.3, 0.4) is 0 Å². The zero-order valence-electron chi connectivity index (χ0n) is 15.6. The highest BCUT2D eigenvalue weighted by Crippen LogP contribution is 2.11. The molecule has 2 heterocycles. The van der Waals surface area contributed by atoms with Gasteiger partial charge in [-0.1, -0.05) is 12.1 Å². The first-order valence-corrected chi connectivity index (χ1v) is 10.1. The van der Waals surface area contributed by atoms with Crippen molar-refractivity contribution >= 4 is 21.6 Å². The summed E-state index contributed by atoms with van der Waals surface area (Å²) in [5, 5.41) is 2.90. The summed E-state index contributed by atoms with van der Waals surface area (Å²) in [6.07, 6.45) is 5.05. The number of hydrogen-bond donors (Lipinski definition) is 2. The van der Waals surface area contributed by atoms with Crippen LogP contribution in [0.1, 0.15) is 21.7 Å². The SMILES string of the molecule is Cc1ncc(S(=O)(=O)NCCc2ccc(C(=O)Nc3cccnc3)cc2)n1C. The number of pyridine rings is 1. The number of nitrogens with zero attached hydrogens (tertiary/aromatic N) is 3. The van der Waals surface area contributed by atoms with E-state index in [-0.39, 0.29) is 17.5 Å². The second-order valence-corrected chi connectivity index (χ2v) is 7.96. The van der Waals surface area contributed by atoms with Crippen molar-refractivity contribution in [3.63, 3.8) is 0 Å². The van der Waals surface area contributed by atoms with Crippen LogP contribution < -0.4 is 10.0 Å². The van der Waals surface area contributed by atoms with Crippen LogP contribution in [-0.4, -0.2) is 35.4 Å². The van der Waals surface area contributed by atoms with Gasteiger partial charge in [0.25, 0.3) is 15.9 Å². The fourth-order valence-corrected chi connectivity index (χ4v) is 3.80. The Morgan fingerprint density at radius 2 is 1.89 bits per heavy atom. The van der Waals surface area contributed by atoms with Crippen molar-refractivity contribution in [1.29, 1.82) is 0 Å². The van der Waals surface area contributed by atoms with Gasteiger partial charge in [-0.15, -0.1) is 0 Å². The van der Waals surface area contributed by atoms with Gasteiger partial charge in [0.1, 0.15) is 5.82 Å². The van der Waals surface area contributed by atoms with E-state index in [9.17, 15) is 13.2 Å². The highest BCUT2D eigenvalue weighted by atomic mass is 32.2. The predicted molar refractivity (Wildman–Crippen MR) is 105 cm³/mol. The molecule has 28 heavy (non-hydrogen) atoms. The van der Waals surface area contributed by atoms with E-state index in [0.717, 1.165) is 5.56 Å². The topological polar surface area (TPSA) is 106 Å². The van der Waals surface area contributed by atoms with Gasteiger partial charge in [0.05, 0.1) is 18.1 Å². The van der Waals surface area contributed by atoms with Crippen LogP contribution >= 0.6 is 0 Å². The molecule has 3 rings (SSSR count). The van der Waals surface area contributed by atoms with Gasteiger partial charge in [0.2, 0.25) is 0 Å². The first-order valence-electron chi connectivity index (χ1n) is 8.65. The fourth-order valence-electron chi connectivity index (χ4n) is 2.60. The lowest BCUT2D eigenvalue weighted by atomic mass is 10.1. The molecule has 0 aliphatic rings. The average molecular weight is 399 g/mol. The molecule has 0 aliphatic heterocycles. The molecule has 1 amide bonds. The summed E-state index contributed by atoms with van der Waals surface area (Å²) in [5.74, 6) is 0.396. The van der Waals surface area contributed by atoms with E-state index in [4.69, 9.17) is 0 Å². The smallest absolute Gasteiger partial charge is 0.257 e. The Hall–Kier alpha value is -3.04. The first kappa shape index (κ1) is 19.7. The lowest BCUT2D eigenvalue weighted by Crippen LogP contribution is -2.27. The zero-order chi connectivity index (χ0) is 20.1. The molecule has 1 aromatic carbocycles. The second-order valence-electron chi connectivity index (χ2n) is 6.24. The van der Waals surface area contributed by atoms with Gasteiger partial charge in [0, 0.05) is 25.4 Å². The Labute approximate surface area is 163 Å². The number of rotatable bonds is 7. The molecule has 0 spiro atoms. The third-order valence-electron chi connectivity index (χ3n) is 4.29. The molecule has 3 aromatic rings. The molecule has 8 nitrogen and oxygen atoms in total. The third kappa shape index (κ3) is 4.62. The maximum absolute atomic E-state index is 12.3. The number of aryl methyl sites for hydroxylation is 1. The van der Waals surface area contributed by atoms with Gasteiger partial charge in [-0.3, -0.25) is 9.78 Å². The van der Waals surface area contributed by atoms with Gasteiger partial charge < -0.3 is 9.88 Å². The normalized spacial score (nSPS) is 11.4. The van der Waals surface area contributed by atoms with E-state index in [2.05, 4.69) is 20.0 Å². The molecule has 0 saturated heterocycles. The molecule has 9 heteroatoms. The Kier molecular flexibility index (Phi) is 5.86. The predicted octanol–water partition coefficient (Wildman–Crippen LogP) is 1.90. The van der Waals surface area contributed by atoms with Crippen LogP contribution in [0, 0.1) is 6.92 Å². The van der Waals surface area contributed by atoms with E-state index < -0.39 is 10.0 Å².